The molecule has 1 aromatic carbocycles. The summed E-state index contributed by atoms with van der Waals surface area (Å²) in [6, 6.07) is 7.97. The molecule has 0 saturated heterocycles. The Bertz CT molecular complexity index is 763. The molecule has 2 heterocycles. The maximum absolute atomic E-state index is 11.9. The monoisotopic (exact) mass is 242 g/mol. The normalized spacial score (nSPS) is 11.2. The summed E-state index contributed by atoms with van der Waals surface area (Å²) in [5, 5.41) is 4.14. The Morgan fingerprint density at radius 2 is 2.11 bits per heavy atom. The van der Waals surface area contributed by atoms with Crippen LogP contribution in [0.5, 0.6) is 0 Å². The van der Waals surface area contributed by atoms with Crippen molar-refractivity contribution in [3.05, 3.63) is 46.4 Å². The number of benzene rings is 1. The lowest BCUT2D eigenvalue weighted by Crippen LogP contribution is -2.17. The van der Waals surface area contributed by atoms with Crippen molar-refractivity contribution in [3.63, 3.8) is 0 Å². The largest absolute Gasteiger partial charge is 0.360 e. The van der Waals surface area contributed by atoms with Crippen LogP contribution in [-0.2, 0) is 13.6 Å². The predicted molar refractivity (Wildman–Crippen MR) is 71.2 cm³/mol. The summed E-state index contributed by atoms with van der Waals surface area (Å²) in [5.74, 6) is 0. The van der Waals surface area contributed by atoms with Crippen molar-refractivity contribution in [1.82, 2.24) is 14.8 Å². The van der Waals surface area contributed by atoms with Gasteiger partial charge in [-0.2, -0.15) is 0 Å². The maximum atomic E-state index is 11.9. The van der Waals surface area contributed by atoms with Crippen molar-refractivity contribution in [2.45, 2.75) is 6.54 Å². The van der Waals surface area contributed by atoms with Crippen molar-refractivity contribution < 1.29 is 0 Å². The fourth-order valence-electron chi connectivity index (χ4n) is 2.29. The number of para-hydroxylation sites is 1. The number of fused-ring (bicyclic) bond motifs is 1. The first-order valence-corrected chi connectivity index (χ1v) is 5.77. The predicted octanol–water partition coefficient (Wildman–Crippen LogP) is 1.32. The number of aryl methyl sites for hydroxylation is 1. The van der Waals surface area contributed by atoms with Crippen molar-refractivity contribution >= 4 is 10.9 Å². The van der Waals surface area contributed by atoms with E-state index >= 15 is 0 Å². The first-order chi connectivity index (χ1) is 8.72. The van der Waals surface area contributed by atoms with Crippen LogP contribution in [-0.4, -0.2) is 14.8 Å². The fraction of sp³-hybridized carbons (Fsp3) is 0.154. The molecule has 5 nitrogen and oxygen atoms in total. The maximum Gasteiger partial charge on any atom is 0.271 e. The van der Waals surface area contributed by atoms with Gasteiger partial charge in [-0.25, -0.2) is 0 Å². The second-order valence-corrected chi connectivity index (χ2v) is 4.28. The van der Waals surface area contributed by atoms with E-state index in [0.29, 0.717) is 5.56 Å². The molecule has 0 unspecified atom stereocenters. The zero-order valence-corrected chi connectivity index (χ0v) is 10.0. The van der Waals surface area contributed by atoms with Gasteiger partial charge < -0.3 is 10.7 Å². The first-order valence-electron chi connectivity index (χ1n) is 5.77. The van der Waals surface area contributed by atoms with E-state index in [2.05, 4.69) is 10.1 Å². The Hall–Kier alpha value is -2.27. The highest BCUT2D eigenvalue weighted by molar-refractivity contribution is 5.95. The number of nitrogens with two attached hydrogens (primary N) is 1. The summed E-state index contributed by atoms with van der Waals surface area (Å²) in [4.78, 5) is 15.1. The number of rotatable bonds is 2. The van der Waals surface area contributed by atoms with E-state index in [-0.39, 0.29) is 12.1 Å². The summed E-state index contributed by atoms with van der Waals surface area (Å²) in [6.07, 6.45) is 1.90. The van der Waals surface area contributed by atoms with Crippen molar-refractivity contribution in [2.75, 3.05) is 0 Å². The third-order valence-electron chi connectivity index (χ3n) is 3.21. The molecule has 2 aromatic heterocycles. The van der Waals surface area contributed by atoms with Crippen molar-refractivity contribution in [3.8, 4) is 11.3 Å². The van der Waals surface area contributed by atoms with Crippen LogP contribution in [0.25, 0.3) is 22.2 Å². The molecule has 3 rings (SSSR count). The minimum atomic E-state index is -0.0715. The van der Waals surface area contributed by atoms with Crippen LogP contribution >= 0.6 is 0 Å². The van der Waals surface area contributed by atoms with E-state index in [1.807, 2.05) is 30.5 Å². The third-order valence-corrected chi connectivity index (χ3v) is 3.21. The fourth-order valence-corrected chi connectivity index (χ4v) is 2.29. The van der Waals surface area contributed by atoms with Crippen LogP contribution in [0.2, 0.25) is 0 Å². The third kappa shape index (κ3) is 1.41. The van der Waals surface area contributed by atoms with Gasteiger partial charge in [0.1, 0.15) is 0 Å². The molecule has 4 N–H and O–H groups in total. The highest BCUT2D eigenvalue weighted by Gasteiger charge is 2.15. The quantitative estimate of drug-likeness (QED) is 0.633. The summed E-state index contributed by atoms with van der Waals surface area (Å²) >= 11 is 0. The van der Waals surface area contributed by atoms with Gasteiger partial charge >= 0.3 is 0 Å². The second-order valence-electron chi connectivity index (χ2n) is 4.28. The van der Waals surface area contributed by atoms with Gasteiger partial charge in [-0.1, -0.05) is 18.2 Å². The standard InChI is InChI=1S/C13H14N4O/c1-17-13(18)9(6-14)12(16-17)10-7-15-11-5-3-2-4-8(10)11/h2-5,7,15-16H,6,14H2,1H3. The minimum Gasteiger partial charge on any atom is -0.360 e. The Balaban J connectivity index is 2.33. The van der Waals surface area contributed by atoms with Gasteiger partial charge in [0.15, 0.2) is 0 Å². The lowest BCUT2D eigenvalue weighted by atomic mass is 10.1. The first kappa shape index (κ1) is 10.9. The smallest absolute Gasteiger partial charge is 0.271 e. The zero-order chi connectivity index (χ0) is 12.7. The Morgan fingerprint density at radius 1 is 1.33 bits per heavy atom. The molecule has 0 radical (unpaired) electrons. The van der Waals surface area contributed by atoms with Gasteiger partial charge in [0.05, 0.1) is 11.3 Å². The number of hydrogen-bond donors (Lipinski definition) is 3. The van der Waals surface area contributed by atoms with E-state index in [1.165, 1.54) is 4.68 Å². The molecule has 0 fully saturated rings. The van der Waals surface area contributed by atoms with Gasteiger partial charge in [-0.15, -0.1) is 0 Å². The Kier molecular flexibility index (Phi) is 2.34. The number of aromatic amines is 2. The van der Waals surface area contributed by atoms with Gasteiger partial charge in [0.25, 0.3) is 5.56 Å². The molecule has 0 spiro atoms. The molecule has 0 bridgehead atoms. The molecule has 92 valence electrons. The van der Waals surface area contributed by atoms with Crippen LogP contribution in [0.15, 0.2) is 35.3 Å². The minimum absolute atomic E-state index is 0.0715. The summed E-state index contributed by atoms with van der Waals surface area (Å²) in [6.45, 7) is 0.227. The zero-order valence-electron chi connectivity index (χ0n) is 10.0. The molecule has 0 saturated carbocycles. The second kappa shape index (κ2) is 3.89. The van der Waals surface area contributed by atoms with E-state index < -0.39 is 0 Å². The lowest BCUT2D eigenvalue weighted by Gasteiger charge is -1.98. The molecule has 18 heavy (non-hydrogen) atoms. The van der Waals surface area contributed by atoms with Gasteiger partial charge in [-0.3, -0.25) is 14.6 Å². The molecule has 0 aliphatic carbocycles. The number of aromatic nitrogens is 3. The Morgan fingerprint density at radius 3 is 2.89 bits per heavy atom. The number of nitrogens with one attached hydrogen (secondary N) is 2. The van der Waals surface area contributed by atoms with Crippen LogP contribution in [0.3, 0.4) is 0 Å². The molecule has 0 aliphatic rings. The number of hydrogen-bond acceptors (Lipinski definition) is 2. The van der Waals surface area contributed by atoms with Crippen LogP contribution in [0.1, 0.15) is 5.56 Å². The van der Waals surface area contributed by atoms with E-state index in [0.717, 1.165) is 22.2 Å². The lowest BCUT2D eigenvalue weighted by molar-refractivity contribution is 0.739. The molecule has 0 amide bonds. The average molecular weight is 242 g/mol. The van der Waals surface area contributed by atoms with Crippen LogP contribution in [0.4, 0.5) is 0 Å². The molecule has 3 aromatic rings. The number of H-pyrrole nitrogens is 2. The molecular formula is C13H14N4O. The van der Waals surface area contributed by atoms with E-state index in [9.17, 15) is 4.79 Å². The topological polar surface area (TPSA) is 79.6 Å². The summed E-state index contributed by atoms with van der Waals surface area (Å²) < 4.78 is 1.46. The molecule has 0 aliphatic heterocycles. The number of nitrogens with zero attached hydrogens (tertiary/aromatic N) is 1. The molecule has 0 atom stereocenters. The van der Waals surface area contributed by atoms with Crippen LogP contribution in [0, 0.1) is 0 Å². The van der Waals surface area contributed by atoms with Crippen LogP contribution < -0.4 is 11.3 Å². The van der Waals surface area contributed by atoms with Gasteiger partial charge in [0, 0.05) is 36.3 Å². The van der Waals surface area contributed by atoms with E-state index in [4.69, 9.17) is 5.73 Å². The molecule has 5 heteroatoms. The summed E-state index contributed by atoms with van der Waals surface area (Å²) in [7, 11) is 1.69. The molecular weight excluding hydrogens is 228 g/mol. The van der Waals surface area contributed by atoms with Gasteiger partial charge in [-0.05, 0) is 6.07 Å². The highest BCUT2D eigenvalue weighted by Crippen LogP contribution is 2.28. The SMILES string of the molecule is Cn1[nH]c(-c2c[nH]c3ccccc23)c(CN)c1=O. The van der Waals surface area contributed by atoms with Gasteiger partial charge in [0.2, 0.25) is 0 Å². The average Bonchev–Trinajstić information content (AvgIpc) is 2.92. The Labute approximate surface area is 103 Å². The van der Waals surface area contributed by atoms with Crippen molar-refractivity contribution in [1.29, 1.82) is 0 Å². The van der Waals surface area contributed by atoms with Crippen molar-refractivity contribution in [2.24, 2.45) is 12.8 Å². The highest BCUT2D eigenvalue weighted by atomic mass is 16.1. The summed E-state index contributed by atoms with van der Waals surface area (Å²) in [5.41, 5.74) is 9.02. The van der Waals surface area contributed by atoms with E-state index in [1.54, 1.807) is 7.05 Å².